The minimum Gasteiger partial charge on any atom is -0.372 e. The van der Waals surface area contributed by atoms with Gasteiger partial charge < -0.3 is 10.1 Å². The number of carbonyl (C=O) groups is 1. The maximum Gasteiger partial charge on any atom is 0.243 e. The van der Waals surface area contributed by atoms with Crippen LogP contribution in [0.1, 0.15) is 29.5 Å². The molecule has 0 aliphatic carbocycles. The van der Waals surface area contributed by atoms with E-state index in [4.69, 9.17) is 4.74 Å². The Balaban J connectivity index is 1.33. The highest BCUT2D eigenvalue weighted by Gasteiger charge is 2.33. The van der Waals surface area contributed by atoms with Gasteiger partial charge in [0.05, 0.1) is 24.0 Å². The van der Waals surface area contributed by atoms with Crippen LogP contribution in [0, 0.1) is 5.92 Å². The number of rotatable bonds is 9. The van der Waals surface area contributed by atoms with Gasteiger partial charge in [-0.3, -0.25) is 4.79 Å². The Morgan fingerprint density at radius 2 is 1.53 bits per heavy atom. The average molecular weight is 479 g/mol. The first kappa shape index (κ1) is 24.1. The number of amides is 1. The zero-order chi connectivity index (χ0) is 23.8. The number of hydrogen-bond donors (Lipinski definition) is 1. The van der Waals surface area contributed by atoms with Crippen molar-refractivity contribution < 1.29 is 17.9 Å². The highest BCUT2D eigenvalue weighted by atomic mass is 32.2. The van der Waals surface area contributed by atoms with Crippen molar-refractivity contribution in [3.63, 3.8) is 0 Å². The van der Waals surface area contributed by atoms with E-state index in [2.05, 4.69) is 5.32 Å². The summed E-state index contributed by atoms with van der Waals surface area (Å²) in [6.45, 7) is 1.99. The van der Waals surface area contributed by atoms with Gasteiger partial charge in [0.25, 0.3) is 0 Å². The van der Waals surface area contributed by atoms with Crippen molar-refractivity contribution in [1.29, 1.82) is 0 Å². The number of nitrogens with one attached hydrogen (secondary N) is 1. The predicted octanol–water partition coefficient (Wildman–Crippen LogP) is 4.12. The van der Waals surface area contributed by atoms with E-state index in [-0.39, 0.29) is 23.3 Å². The smallest absolute Gasteiger partial charge is 0.243 e. The van der Waals surface area contributed by atoms with Crippen LogP contribution in [0.2, 0.25) is 0 Å². The van der Waals surface area contributed by atoms with Crippen LogP contribution in [0.3, 0.4) is 0 Å². The SMILES string of the molecule is O=C(NCc1ccccc1COCc1ccccc1)C1CCCN(S(=O)(=O)c2ccccc2)C1. The Morgan fingerprint density at radius 1 is 0.882 bits per heavy atom. The number of piperidine rings is 1. The Morgan fingerprint density at radius 3 is 2.26 bits per heavy atom. The van der Waals surface area contributed by atoms with Crippen LogP contribution in [-0.4, -0.2) is 31.7 Å². The molecule has 1 atom stereocenters. The molecule has 1 N–H and O–H groups in total. The van der Waals surface area contributed by atoms with Crippen LogP contribution in [0.25, 0.3) is 0 Å². The lowest BCUT2D eigenvalue weighted by Crippen LogP contribution is -2.45. The Bertz CT molecular complexity index is 1180. The molecule has 0 spiro atoms. The third-order valence-electron chi connectivity index (χ3n) is 6.08. The number of benzene rings is 3. The van der Waals surface area contributed by atoms with E-state index >= 15 is 0 Å². The van der Waals surface area contributed by atoms with Crippen molar-refractivity contribution in [2.45, 2.75) is 37.5 Å². The number of sulfonamides is 1. The molecule has 7 heteroatoms. The molecule has 3 aromatic carbocycles. The lowest BCUT2D eigenvalue weighted by Gasteiger charge is -2.31. The van der Waals surface area contributed by atoms with Gasteiger partial charge in [-0.1, -0.05) is 72.8 Å². The summed E-state index contributed by atoms with van der Waals surface area (Å²) in [6.07, 6.45) is 1.34. The van der Waals surface area contributed by atoms with Crippen molar-refractivity contribution in [2.75, 3.05) is 13.1 Å². The van der Waals surface area contributed by atoms with Gasteiger partial charge in [-0.2, -0.15) is 4.31 Å². The van der Waals surface area contributed by atoms with Gasteiger partial charge in [0, 0.05) is 19.6 Å². The third-order valence-corrected chi connectivity index (χ3v) is 7.96. The van der Waals surface area contributed by atoms with E-state index in [0.29, 0.717) is 39.1 Å². The van der Waals surface area contributed by atoms with E-state index in [9.17, 15) is 13.2 Å². The summed E-state index contributed by atoms with van der Waals surface area (Å²) in [6, 6.07) is 26.3. The molecular formula is C27H30N2O4S. The number of ether oxygens (including phenoxy) is 1. The van der Waals surface area contributed by atoms with Crippen molar-refractivity contribution in [2.24, 2.45) is 5.92 Å². The van der Waals surface area contributed by atoms with Crippen molar-refractivity contribution in [3.8, 4) is 0 Å². The van der Waals surface area contributed by atoms with E-state index in [1.807, 2.05) is 54.6 Å². The highest BCUT2D eigenvalue weighted by Crippen LogP contribution is 2.24. The molecule has 0 aromatic heterocycles. The Kier molecular flexibility index (Phi) is 8.11. The molecule has 34 heavy (non-hydrogen) atoms. The van der Waals surface area contributed by atoms with Gasteiger partial charge in [0.1, 0.15) is 0 Å². The quantitative estimate of drug-likeness (QED) is 0.502. The molecule has 178 valence electrons. The van der Waals surface area contributed by atoms with Crippen LogP contribution < -0.4 is 5.32 Å². The summed E-state index contributed by atoms with van der Waals surface area (Å²) in [5.41, 5.74) is 3.13. The molecule has 0 bridgehead atoms. The maximum atomic E-state index is 13.0. The monoisotopic (exact) mass is 478 g/mol. The lowest BCUT2D eigenvalue weighted by atomic mass is 9.98. The van der Waals surface area contributed by atoms with Gasteiger partial charge in [-0.25, -0.2) is 8.42 Å². The van der Waals surface area contributed by atoms with Crippen LogP contribution in [0.5, 0.6) is 0 Å². The molecule has 6 nitrogen and oxygen atoms in total. The molecular weight excluding hydrogens is 448 g/mol. The second kappa shape index (κ2) is 11.4. The first-order valence-corrected chi connectivity index (χ1v) is 13.0. The largest absolute Gasteiger partial charge is 0.372 e. The zero-order valence-electron chi connectivity index (χ0n) is 19.1. The molecule has 1 amide bonds. The fraction of sp³-hybridized carbons (Fsp3) is 0.296. The van der Waals surface area contributed by atoms with Crippen molar-refractivity contribution in [3.05, 3.63) is 102 Å². The minimum atomic E-state index is -3.60. The van der Waals surface area contributed by atoms with Gasteiger partial charge >= 0.3 is 0 Å². The van der Waals surface area contributed by atoms with Crippen molar-refractivity contribution >= 4 is 15.9 Å². The minimum absolute atomic E-state index is 0.118. The van der Waals surface area contributed by atoms with Crippen LogP contribution >= 0.6 is 0 Å². The predicted molar refractivity (Wildman–Crippen MR) is 131 cm³/mol. The zero-order valence-corrected chi connectivity index (χ0v) is 19.9. The molecule has 1 saturated heterocycles. The molecule has 1 fully saturated rings. The normalized spacial score (nSPS) is 16.8. The maximum absolute atomic E-state index is 13.0. The third kappa shape index (κ3) is 6.11. The van der Waals surface area contributed by atoms with Crippen LogP contribution in [0.4, 0.5) is 0 Å². The summed E-state index contributed by atoms with van der Waals surface area (Å²) in [5, 5.41) is 3.01. The Labute approximate surface area is 201 Å². The van der Waals surface area contributed by atoms with Gasteiger partial charge in [0.2, 0.25) is 15.9 Å². The molecule has 0 saturated carbocycles. The molecule has 1 unspecified atom stereocenters. The van der Waals surface area contributed by atoms with Crippen LogP contribution in [0.15, 0.2) is 89.8 Å². The molecule has 1 heterocycles. The lowest BCUT2D eigenvalue weighted by molar-refractivity contribution is -0.126. The van der Waals surface area contributed by atoms with E-state index < -0.39 is 10.0 Å². The number of hydrogen-bond acceptors (Lipinski definition) is 4. The van der Waals surface area contributed by atoms with Gasteiger partial charge in [0.15, 0.2) is 0 Å². The number of nitrogens with zero attached hydrogens (tertiary/aromatic N) is 1. The van der Waals surface area contributed by atoms with E-state index in [1.54, 1.807) is 30.3 Å². The summed E-state index contributed by atoms with van der Waals surface area (Å²) < 4.78 is 33.2. The summed E-state index contributed by atoms with van der Waals surface area (Å²) in [4.78, 5) is 13.2. The van der Waals surface area contributed by atoms with Crippen molar-refractivity contribution in [1.82, 2.24) is 9.62 Å². The molecule has 4 rings (SSSR count). The molecule has 0 radical (unpaired) electrons. The van der Waals surface area contributed by atoms with E-state index in [1.165, 1.54) is 4.31 Å². The highest BCUT2D eigenvalue weighted by molar-refractivity contribution is 7.89. The average Bonchev–Trinajstić information content (AvgIpc) is 2.89. The second-order valence-corrected chi connectivity index (χ2v) is 10.4. The Hall–Kier alpha value is -3.00. The summed E-state index contributed by atoms with van der Waals surface area (Å²) in [7, 11) is -3.60. The fourth-order valence-corrected chi connectivity index (χ4v) is 5.71. The topological polar surface area (TPSA) is 75.7 Å². The first-order valence-electron chi connectivity index (χ1n) is 11.6. The number of carbonyl (C=O) groups excluding carboxylic acids is 1. The molecule has 1 aliphatic rings. The first-order chi connectivity index (χ1) is 16.5. The summed E-state index contributed by atoms with van der Waals surface area (Å²) in [5.74, 6) is -0.485. The fourth-order valence-electron chi connectivity index (χ4n) is 4.17. The molecule has 3 aromatic rings. The second-order valence-electron chi connectivity index (χ2n) is 8.48. The summed E-state index contributed by atoms with van der Waals surface area (Å²) >= 11 is 0. The molecule has 1 aliphatic heterocycles. The van der Waals surface area contributed by atoms with Crippen LogP contribution in [-0.2, 0) is 39.3 Å². The van der Waals surface area contributed by atoms with Gasteiger partial charge in [-0.15, -0.1) is 0 Å². The van der Waals surface area contributed by atoms with E-state index in [0.717, 1.165) is 16.7 Å². The standard InChI is InChI=1S/C27H30N2O4S/c30-27(24-14-9-17-29(19-24)34(31,32)26-15-5-2-6-16-26)28-18-23-12-7-8-13-25(23)21-33-20-22-10-3-1-4-11-22/h1-8,10-13,15-16,24H,9,14,17-21H2,(H,28,30). The van der Waals surface area contributed by atoms with Gasteiger partial charge in [-0.05, 0) is 41.7 Å².